The number of fused-ring (bicyclic) bond motifs is 1. The smallest absolute Gasteiger partial charge is 0.235 e. The molecule has 0 saturated carbocycles. The highest BCUT2D eigenvalue weighted by Crippen LogP contribution is 2.34. The first kappa shape index (κ1) is 19.5. The predicted molar refractivity (Wildman–Crippen MR) is 119 cm³/mol. The van der Waals surface area contributed by atoms with Crippen LogP contribution in [-0.2, 0) is 4.79 Å². The lowest BCUT2D eigenvalue weighted by atomic mass is 9.93. The minimum absolute atomic E-state index is 0.130. The minimum atomic E-state index is -0.221. The SMILES string of the molecule is CC1=Nc2ccccc2N=C(NC(=O)CSc2nnc(C)s2)C1c1ccccc1. The number of nitrogens with zero attached hydrogens (tertiary/aromatic N) is 4. The molecule has 2 heterocycles. The van der Waals surface area contributed by atoms with Crippen molar-refractivity contribution >= 4 is 51.9 Å². The number of nitrogens with one attached hydrogen (secondary N) is 1. The van der Waals surface area contributed by atoms with E-state index < -0.39 is 0 Å². The summed E-state index contributed by atoms with van der Waals surface area (Å²) in [5.41, 5.74) is 3.46. The van der Waals surface area contributed by atoms with Gasteiger partial charge in [0.15, 0.2) is 4.34 Å². The molecular formula is C21H19N5OS2. The second kappa shape index (κ2) is 8.67. The third-order valence-corrected chi connectivity index (χ3v) is 6.32. The van der Waals surface area contributed by atoms with Crippen LogP contribution in [0.1, 0.15) is 23.4 Å². The first-order valence-electron chi connectivity index (χ1n) is 9.10. The highest BCUT2D eigenvalue weighted by molar-refractivity contribution is 8.01. The topological polar surface area (TPSA) is 79.6 Å². The Labute approximate surface area is 177 Å². The average molecular weight is 422 g/mol. The molecule has 0 saturated heterocycles. The van der Waals surface area contributed by atoms with Crippen LogP contribution in [0.5, 0.6) is 0 Å². The number of aromatic nitrogens is 2. The van der Waals surface area contributed by atoms with Gasteiger partial charge in [-0.3, -0.25) is 9.79 Å². The van der Waals surface area contributed by atoms with E-state index in [1.807, 2.05) is 68.4 Å². The van der Waals surface area contributed by atoms with Crippen LogP contribution in [-0.4, -0.2) is 33.4 Å². The molecule has 8 heteroatoms. The molecule has 1 amide bonds. The summed E-state index contributed by atoms with van der Waals surface area (Å²) in [4.78, 5) is 22.3. The van der Waals surface area contributed by atoms with Crippen LogP contribution >= 0.6 is 23.1 Å². The van der Waals surface area contributed by atoms with E-state index in [1.165, 1.54) is 23.1 Å². The monoisotopic (exact) mass is 421 g/mol. The van der Waals surface area contributed by atoms with Gasteiger partial charge in [0.05, 0.1) is 23.0 Å². The van der Waals surface area contributed by atoms with Gasteiger partial charge in [0, 0.05) is 5.71 Å². The van der Waals surface area contributed by atoms with Crippen molar-refractivity contribution in [3.05, 3.63) is 65.2 Å². The van der Waals surface area contributed by atoms with Crippen LogP contribution in [0.4, 0.5) is 11.4 Å². The minimum Gasteiger partial charge on any atom is -0.313 e. The van der Waals surface area contributed by atoms with E-state index in [-0.39, 0.29) is 17.6 Å². The number of carbonyl (C=O) groups excluding carboxylic acids is 1. The summed E-state index contributed by atoms with van der Waals surface area (Å²) >= 11 is 2.85. The van der Waals surface area contributed by atoms with E-state index in [9.17, 15) is 4.79 Å². The molecule has 6 nitrogen and oxygen atoms in total. The lowest BCUT2D eigenvalue weighted by molar-refractivity contribution is -0.117. The maximum Gasteiger partial charge on any atom is 0.235 e. The summed E-state index contributed by atoms with van der Waals surface area (Å²) in [7, 11) is 0. The zero-order valence-electron chi connectivity index (χ0n) is 16.0. The van der Waals surface area contributed by atoms with Gasteiger partial charge in [0.1, 0.15) is 10.8 Å². The fourth-order valence-corrected chi connectivity index (χ4v) is 4.70. The van der Waals surface area contributed by atoms with Gasteiger partial charge in [0.2, 0.25) is 5.91 Å². The summed E-state index contributed by atoms with van der Waals surface area (Å²) in [6.45, 7) is 3.87. The number of thioether (sulfide) groups is 1. The number of benzene rings is 2. The number of amides is 1. The molecule has 1 N–H and O–H groups in total. The number of hydrogen-bond acceptors (Lipinski definition) is 7. The summed E-state index contributed by atoms with van der Waals surface area (Å²) in [5, 5.41) is 11.9. The zero-order chi connectivity index (χ0) is 20.2. The first-order chi connectivity index (χ1) is 14.1. The molecule has 2 aromatic carbocycles. The molecule has 0 bridgehead atoms. The van der Waals surface area contributed by atoms with Crippen molar-refractivity contribution < 1.29 is 4.79 Å². The van der Waals surface area contributed by atoms with Gasteiger partial charge in [-0.1, -0.05) is 65.6 Å². The molecule has 3 aromatic rings. The summed E-state index contributed by atoms with van der Waals surface area (Å²) < 4.78 is 0.781. The van der Waals surface area contributed by atoms with Crippen LogP contribution in [0, 0.1) is 6.92 Å². The number of carbonyl (C=O) groups is 1. The van der Waals surface area contributed by atoms with Gasteiger partial charge >= 0.3 is 0 Å². The largest absolute Gasteiger partial charge is 0.313 e. The Balaban J connectivity index is 1.62. The van der Waals surface area contributed by atoms with E-state index in [4.69, 9.17) is 9.98 Å². The molecule has 0 fully saturated rings. The third kappa shape index (κ3) is 4.60. The second-order valence-corrected chi connectivity index (χ2v) is 8.91. The second-order valence-electron chi connectivity index (χ2n) is 6.51. The molecule has 0 spiro atoms. The Hall–Kier alpha value is -2.84. The predicted octanol–water partition coefficient (Wildman–Crippen LogP) is 4.67. The molecule has 1 aliphatic rings. The molecule has 1 unspecified atom stereocenters. The zero-order valence-corrected chi connectivity index (χ0v) is 17.6. The van der Waals surface area contributed by atoms with Gasteiger partial charge in [-0.25, -0.2) is 4.99 Å². The summed E-state index contributed by atoms with van der Waals surface area (Å²) in [6, 6.07) is 17.7. The normalized spacial score (nSPS) is 15.7. The summed E-state index contributed by atoms with van der Waals surface area (Å²) in [5.74, 6) is 0.477. The van der Waals surface area contributed by atoms with Crippen molar-refractivity contribution in [1.82, 2.24) is 15.5 Å². The quantitative estimate of drug-likeness (QED) is 0.621. The number of para-hydroxylation sites is 2. The van der Waals surface area contributed by atoms with Gasteiger partial charge in [-0.15, -0.1) is 10.2 Å². The number of amidine groups is 1. The Morgan fingerprint density at radius 1 is 1.00 bits per heavy atom. The molecule has 1 atom stereocenters. The van der Waals surface area contributed by atoms with Crippen LogP contribution in [0.3, 0.4) is 0 Å². The number of rotatable bonds is 4. The van der Waals surface area contributed by atoms with Gasteiger partial charge < -0.3 is 5.32 Å². The van der Waals surface area contributed by atoms with Gasteiger partial charge in [-0.2, -0.15) is 0 Å². The van der Waals surface area contributed by atoms with Crippen molar-refractivity contribution in [2.24, 2.45) is 9.98 Å². The highest BCUT2D eigenvalue weighted by Gasteiger charge is 2.26. The Bertz CT molecular complexity index is 1090. The van der Waals surface area contributed by atoms with E-state index in [0.29, 0.717) is 5.84 Å². The van der Waals surface area contributed by atoms with Crippen LogP contribution in [0.25, 0.3) is 0 Å². The van der Waals surface area contributed by atoms with E-state index in [0.717, 1.165) is 32.0 Å². The van der Waals surface area contributed by atoms with Crippen LogP contribution < -0.4 is 5.32 Å². The van der Waals surface area contributed by atoms with E-state index >= 15 is 0 Å². The van der Waals surface area contributed by atoms with E-state index in [1.54, 1.807) is 0 Å². The van der Waals surface area contributed by atoms with Crippen LogP contribution in [0.15, 0.2) is 68.9 Å². The Morgan fingerprint density at radius 2 is 1.69 bits per heavy atom. The molecule has 29 heavy (non-hydrogen) atoms. The van der Waals surface area contributed by atoms with Gasteiger partial charge in [-0.05, 0) is 31.5 Å². The molecule has 0 aliphatic carbocycles. The lowest BCUT2D eigenvalue weighted by Gasteiger charge is -2.19. The van der Waals surface area contributed by atoms with Crippen molar-refractivity contribution in [3.63, 3.8) is 0 Å². The number of aryl methyl sites for hydroxylation is 1. The average Bonchev–Trinajstić information content (AvgIpc) is 3.08. The molecule has 1 aliphatic heterocycles. The molecule has 1 aromatic heterocycles. The maximum atomic E-state index is 12.7. The van der Waals surface area contributed by atoms with Crippen LogP contribution in [0.2, 0.25) is 0 Å². The standard InChI is InChI=1S/C21H19N5OS2/c1-13-19(15-8-4-3-5-9-15)20(23-17-11-7-6-10-16(17)22-13)24-18(27)12-28-21-26-25-14(2)29-21/h3-11,19H,12H2,1-2H3,(H,23,24,27). The maximum absolute atomic E-state index is 12.7. The van der Waals surface area contributed by atoms with Crippen molar-refractivity contribution in [2.45, 2.75) is 24.1 Å². The molecule has 146 valence electrons. The molecule has 4 rings (SSSR count). The third-order valence-electron chi connectivity index (χ3n) is 4.35. The fourth-order valence-electron chi connectivity index (χ4n) is 3.09. The Morgan fingerprint density at radius 3 is 2.38 bits per heavy atom. The highest BCUT2D eigenvalue weighted by atomic mass is 32.2. The van der Waals surface area contributed by atoms with Crippen molar-refractivity contribution in [1.29, 1.82) is 0 Å². The summed E-state index contributed by atoms with van der Waals surface area (Å²) in [6.07, 6.45) is 0. The number of aliphatic imine (C=N–C) groups is 2. The molecular weight excluding hydrogens is 402 g/mol. The lowest BCUT2D eigenvalue weighted by Crippen LogP contribution is -2.38. The van der Waals surface area contributed by atoms with Gasteiger partial charge in [0.25, 0.3) is 0 Å². The van der Waals surface area contributed by atoms with Crippen molar-refractivity contribution in [2.75, 3.05) is 5.75 Å². The molecule has 0 radical (unpaired) electrons. The Kier molecular flexibility index (Phi) is 5.82. The fraction of sp³-hybridized carbons (Fsp3) is 0.190. The number of hydrogen-bond donors (Lipinski definition) is 1. The first-order valence-corrected chi connectivity index (χ1v) is 10.9. The van der Waals surface area contributed by atoms with Crippen molar-refractivity contribution in [3.8, 4) is 0 Å². The van der Waals surface area contributed by atoms with E-state index in [2.05, 4.69) is 15.5 Å².